The number of carbonyl (C=O) groups is 1. The Kier molecular flexibility index (Phi) is 5.41. The fourth-order valence-corrected chi connectivity index (χ4v) is 3.62. The maximum atomic E-state index is 12.4. The van der Waals surface area contributed by atoms with Crippen LogP contribution in [0.1, 0.15) is 6.92 Å². The summed E-state index contributed by atoms with van der Waals surface area (Å²) in [6, 6.07) is 8.39. The summed E-state index contributed by atoms with van der Waals surface area (Å²) in [6.45, 7) is 1.29. The van der Waals surface area contributed by atoms with Crippen molar-refractivity contribution in [2.75, 3.05) is 5.32 Å². The van der Waals surface area contributed by atoms with Crippen molar-refractivity contribution >= 4 is 56.5 Å². The molecule has 5 nitrogen and oxygen atoms in total. The van der Waals surface area contributed by atoms with Crippen molar-refractivity contribution in [2.24, 2.45) is 0 Å². The number of hydrogen-bond acceptors (Lipinski definition) is 4. The van der Waals surface area contributed by atoms with E-state index in [2.05, 4.69) is 5.32 Å². The maximum absolute atomic E-state index is 12.4. The van der Waals surface area contributed by atoms with E-state index in [0.29, 0.717) is 0 Å². The summed E-state index contributed by atoms with van der Waals surface area (Å²) in [6.07, 6.45) is 0. The summed E-state index contributed by atoms with van der Waals surface area (Å²) in [5, 5.41) is 2.49. The molecule has 0 aromatic heterocycles. The van der Waals surface area contributed by atoms with Gasteiger partial charge in [-0.1, -0.05) is 46.9 Å². The van der Waals surface area contributed by atoms with Crippen LogP contribution in [-0.2, 0) is 14.9 Å². The first kappa shape index (κ1) is 17.9. The molecule has 122 valence electrons. The molecule has 0 fully saturated rings. The predicted octanol–water partition coefficient (Wildman–Crippen LogP) is 4.37. The molecule has 0 radical (unpaired) electrons. The van der Waals surface area contributed by atoms with Gasteiger partial charge in [0, 0.05) is 6.92 Å². The van der Waals surface area contributed by atoms with E-state index in [1.54, 1.807) is 12.1 Å². The first-order valence-electron chi connectivity index (χ1n) is 6.16. The lowest BCUT2D eigenvalue weighted by Gasteiger charge is -2.12. The van der Waals surface area contributed by atoms with E-state index in [9.17, 15) is 13.2 Å². The van der Waals surface area contributed by atoms with Crippen molar-refractivity contribution in [2.45, 2.75) is 11.8 Å². The molecule has 0 aliphatic rings. The molecule has 1 N–H and O–H groups in total. The average molecular weight is 395 g/mol. The molecule has 0 bridgehead atoms. The number of nitrogens with one attached hydrogen (secondary N) is 1. The van der Waals surface area contributed by atoms with Gasteiger partial charge < -0.3 is 9.50 Å². The second kappa shape index (κ2) is 6.97. The fourth-order valence-electron chi connectivity index (χ4n) is 1.69. The highest BCUT2D eigenvalue weighted by Crippen LogP contribution is 2.34. The summed E-state index contributed by atoms with van der Waals surface area (Å²) in [5.41, 5.74) is 0.208. The van der Waals surface area contributed by atoms with Crippen molar-refractivity contribution < 1.29 is 17.4 Å². The minimum atomic E-state index is -4.27. The molecule has 2 aromatic carbocycles. The molecule has 0 unspecified atom stereocenters. The quantitative estimate of drug-likeness (QED) is 0.617. The van der Waals surface area contributed by atoms with E-state index in [0.717, 1.165) is 6.07 Å². The van der Waals surface area contributed by atoms with Crippen LogP contribution in [0, 0.1) is 0 Å². The SMILES string of the molecule is CC(=O)Nc1ccccc1OS(=O)(=O)c1cc(Cl)c(Cl)cc1Cl. The largest absolute Gasteiger partial charge is 0.377 e. The molecule has 0 saturated carbocycles. The predicted molar refractivity (Wildman–Crippen MR) is 90.0 cm³/mol. The third-order valence-corrected chi connectivity index (χ3v) is 5.06. The van der Waals surface area contributed by atoms with Crippen molar-refractivity contribution in [1.82, 2.24) is 0 Å². The summed E-state index contributed by atoms with van der Waals surface area (Å²) >= 11 is 17.5. The molecule has 9 heteroatoms. The van der Waals surface area contributed by atoms with Gasteiger partial charge in [0.15, 0.2) is 5.75 Å². The summed E-state index contributed by atoms with van der Waals surface area (Å²) in [5.74, 6) is -0.421. The molecule has 2 rings (SSSR count). The number of carbonyl (C=O) groups excluding carboxylic acids is 1. The summed E-state index contributed by atoms with van der Waals surface area (Å²) in [7, 11) is -4.27. The summed E-state index contributed by atoms with van der Waals surface area (Å²) < 4.78 is 29.9. The van der Waals surface area contributed by atoms with Crippen molar-refractivity contribution in [3.8, 4) is 5.75 Å². The van der Waals surface area contributed by atoms with Crippen molar-refractivity contribution in [3.63, 3.8) is 0 Å². The van der Waals surface area contributed by atoms with Gasteiger partial charge in [0.2, 0.25) is 5.91 Å². The fraction of sp³-hybridized carbons (Fsp3) is 0.0714. The minimum absolute atomic E-state index is 0.0217. The van der Waals surface area contributed by atoms with Crippen molar-refractivity contribution in [3.05, 3.63) is 51.5 Å². The van der Waals surface area contributed by atoms with Crippen LogP contribution in [0.5, 0.6) is 5.75 Å². The second-order valence-corrected chi connectivity index (χ2v) is 7.15. The monoisotopic (exact) mass is 393 g/mol. The standard InChI is InChI=1S/C14H10Cl3NO4S/c1-8(19)18-12-4-2-3-5-13(12)22-23(20,21)14-7-10(16)9(15)6-11(14)17/h2-7H,1H3,(H,18,19). The first-order valence-corrected chi connectivity index (χ1v) is 8.70. The topological polar surface area (TPSA) is 72.5 Å². The van der Waals surface area contributed by atoms with E-state index in [1.165, 1.54) is 25.1 Å². The Morgan fingerprint density at radius 2 is 1.65 bits per heavy atom. The van der Waals surface area contributed by atoms with Gasteiger partial charge in [-0.15, -0.1) is 0 Å². The lowest BCUT2D eigenvalue weighted by atomic mass is 10.3. The van der Waals surface area contributed by atoms with E-state index >= 15 is 0 Å². The third kappa shape index (κ3) is 4.29. The highest BCUT2D eigenvalue weighted by Gasteiger charge is 2.23. The zero-order valence-corrected chi connectivity index (χ0v) is 14.7. The van der Waals surface area contributed by atoms with Gasteiger partial charge in [0.25, 0.3) is 0 Å². The lowest BCUT2D eigenvalue weighted by Crippen LogP contribution is -2.13. The van der Waals surface area contributed by atoms with E-state index in [4.69, 9.17) is 39.0 Å². The van der Waals surface area contributed by atoms with Crippen molar-refractivity contribution in [1.29, 1.82) is 0 Å². The Hall–Kier alpha value is -1.47. The molecule has 0 aliphatic carbocycles. The molecule has 0 saturated heterocycles. The van der Waals surface area contributed by atoms with E-state index < -0.39 is 10.1 Å². The number of rotatable bonds is 4. The number of anilines is 1. The van der Waals surface area contributed by atoms with Gasteiger partial charge in [0.1, 0.15) is 4.90 Å². The number of amides is 1. The summed E-state index contributed by atoms with van der Waals surface area (Å²) in [4.78, 5) is 10.8. The Morgan fingerprint density at radius 3 is 2.30 bits per heavy atom. The highest BCUT2D eigenvalue weighted by atomic mass is 35.5. The Labute approximate surface area is 148 Å². The molecule has 0 heterocycles. The van der Waals surface area contributed by atoms with Gasteiger partial charge in [0.05, 0.1) is 20.8 Å². The van der Waals surface area contributed by atoms with Gasteiger partial charge >= 0.3 is 10.1 Å². The molecule has 2 aromatic rings. The Balaban J connectivity index is 2.44. The number of para-hydroxylation sites is 2. The van der Waals surface area contributed by atoms with Gasteiger partial charge in [-0.2, -0.15) is 8.42 Å². The van der Waals surface area contributed by atoms with E-state index in [1.807, 2.05) is 0 Å². The maximum Gasteiger partial charge on any atom is 0.340 e. The van der Waals surface area contributed by atoms with Gasteiger partial charge in [-0.3, -0.25) is 4.79 Å². The smallest absolute Gasteiger partial charge is 0.340 e. The molecule has 0 atom stereocenters. The molecule has 23 heavy (non-hydrogen) atoms. The van der Waals surface area contributed by atoms with Crippen LogP contribution in [-0.4, -0.2) is 14.3 Å². The Bertz CT molecular complexity index is 868. The van der Waals surface area contributed by atoms with E-state index in [-0.39, 0.29) is 37.3 Å². The van der Waals surface area contributed by atoms with Crippen LogP contribution >= 0.6 is 34.8 Å². The molecule has 0 spiro atoms. The third-order valence-electron chi connectivity index (χ3n) is 2.64. The Morgan fingerprint density at radius 1 is 1.04 bits per heavy atom. The van der Waals surface area contributed by atoms with Crippen LogP contribution in [0.15, 0.2) is 41.3 Å². The molecule has 0 aliphatic heterocycles. The zero-order chi connectivity index (χ0) is 17.2. The minimum Gasteiger partial charge on any atom is -0.377 e. The average Bonchev–Trinajstić information content (AvgIpc) is 2.44. The molecular formula is C14H10Cl3NO4S. The zero-order valence-electron chi connectivity index (χ0n) is 11.6. The number of benzene rings is 2. The highest BCUT2D eigenvalue weighted by molar-refractivity contribution is 7.87. The van der Waals surface area contributed by atoms with Gasteiger partial charge in [-0.25, -0.2) is 0 Å². The van der Waals surface area contributed by atoms with Crippen LogP contribution in [0.25, 0.3) is 0 Å². The first-order chi connectivity index (χ1) is 10.7. The normalized spacial score (nSPS) is 11.1. The van der Waals surface area contributed by atoms with Crippen LogP contribution in [0.3, 0.4) is 0 Å². The van der Waals surface area contributed by atoms with Crippen LogP contribution in [0.4, 0.5) is 5.69 Å². The second-order valence-electron chi connectivity index (χ2n) is 4.41. The van der Waals surface area contributed by atoms with Crippen LogP contribution < -0.4 is 9.50 Å². The van der Waals surface area contributed by atoms with Gasteiger partial charge in [-0.05, 0) is 24.3 Å². The molecule has 1 amide bonds. The number of halogens is 3. The lowest BCUT2D eigenvalue weighted by molar-refractivity contribution is -0.114. The molecular weight excluding hydrogens is 385 g/mol. The number of hydrogen-bond donors (Lipinski definition) is 1. The van der Waals surface area contributed by atoms with Crippen LogP contribution in [0.2, 0.25) is 15.1 Å².